The van der Waals surface area contributed by atoms with Crippen molar-refractivity contribution in [2.45, 2.75) is 0 Å². The van der Waals surface area contributed by atoms with Gasteiger partial charge in [-0.2, -0.15) is 0 Å². The van der Waals surface area contributed by atoms with E-state index < -0.39 is 10.7 Å². The third-order valence-corrected chi connectivity index (χ3v) is 2.61. The fraction of sp³-hybridized carbons (Fsp3) is 0. The summed E-state index contributed by atoms with van der Waals surface area (Å²) >= 11 is 11.3. The number of nitrogens with zero attached hydrogens (tertiary/aromatic N) is 2. The number of halogens is 3. The van der Waals surface area contributed by atoms with Gasteiger partial charge in [0.25, 0.3) is 5.69 Å². The summed E-state index contributed by atoms with van der Waals surface area (Å²) in [6, 6.07) is 6.24. The topological polar surface area (TPSA) is 68.1 Å². The molecule has 0 aliphatic rings. The first-order valence-corrected chi connectivity index (χ1v) is 5.75. The molecule has 2 rings (SSSR count). The second-order valence-corrected chi connectivity index (χ2v) is 4.36. The molecule has 1 aromatic heterocycles. The molecule has 0 spiro atoms. The van der Waals surface area contributed by atoms with Gasteiger partial charge in [-0.1, -0.05) is 23.2 Å². The maximum absolute atomic E-state index is 13.6. The largest absolute Gasteiger partial charge is 0.338 e. The number of nitro groups is 1. The molecule has 19 heavy (non-hydrogen) atoms. The Bertz CT molecular complexity index is 652. The van der Waals surface area contributed by atoms with Crippen molar-refractivity contribution in [3.63, 3.8) is 0 Å². The van der Waals surface area contributed by atoms with Crippen LogP contribution < -0.4 is 5.32 Å². The number of pyridine rings is 1. The SMILES string of the molecule is O=[N+]([O-])c1cc(Cl)nc(Nc2ccc(Cl)cc2F)c1. The first-order valence-electron chi connectivity index (χ1n) is 5.00. The van der Waals surface area contributed by atoms with Gasteiger partial charge in [0.2, 0.25) is 0 Å². The first-order chi connectivity index (χ1) is 8.95. The summed E-state index contributed by atoms with van der Waals surface area (Å²) < 4.78 is 13.6. The average Bonchev–Trinajstić information content (AvgIpc) is 2.32. The summed E-state index contributed by atoms with van der Waals surface area (Å²) in [5.41, 5.74) is -0.148. The minimum atomic E-state index is -0.614. The molecule has 1 heterocycles. The molecule has 0 bridgehead atoms. The lowest BCUT2D eigenvalue weighted by Gasteiger charge is -2.07. The van der Waals surface area contributed by atoms with E-state index in [0.717, 1.165) is 18.2 Å². The molecule has 2 aromatic rings. The van der Waals surface area contributed by atoms with Gasteiger partial charge >= 0.3 is 0 Å². The molecule has 1 aromatic carbocycles. The van der Waals surface area contributed by atoms with Gasteiger partial charge in [0.15, 0.2) is 0 Å². The fourth-order valence-electron chi connectivity index (χ4n) is 1.38. The summed E-state index contributed by atoms with van der Waals surface area (Å²) in [5, 5.41) is 13.5. The van der Waals surface area contributed by atoms with Crippen LogP contribution in [-0.4, -0.2) is 9.91 Å². The number of aromatic nitrogens is 1. The molecular weight excluding hydrogens is 296 g/mol. The maximum atomic E-state index is 13.6. The third-order valence-electron chi connectivity index (χ3n) is 2.18. The van der Waals surface area contributed by atoms with E-state index in [0.29, 0.717) is 0 Å². The second-order valence-electron chi connectivity index (χ2n) is 3.54. The lowest BCUT2D eigenvalue weighted by atomic mass is 10.3. The highest BCUT2D eigenvalue weighted by Crippen LogP contribution is 2.25. The number of benzene rings is 1. The summed E-state index contributed by atoms with van der Waals surface area (Å²) in [7, 11) is 0. The lowest BCUT2D eigenvalue weighted by molar-refractivity contribution is -0.384. The van der Waals surface area contributed by atoms with Crippen molar-refractivity contribution in [3.8, 4) is 0 Å². The van der Waals surface area contributed by atoms with Crippen LogP contribution in [0.25, 0.3) is 0 Å². The van der Waals surface area contributed by atoms with Gasteiger partial charge in [-0.3, -0.25) is 10.1 Å². The van der Waals surface area contributed by atoms with Crippen LogP contribution >= 0.6 is 23.2 Å². The number of hydrogen-bond acceptors (Lipinski definition) is 4. The average molecular weight is 302 g/mol. The van der Waals surface area contributed by atoms with Crippen molar-refractivity contribution in [1.29, 1.82) is 0 Å². The van der Waals surface area contributed by atoms with Crippen LogP contribution in [-0.2, 0) is 0 Å². The van der Waals surface area contributed by atoms with Gasteiger partial charge < -0.3 is 5.32 Å². The van der Waals surface area contributed by atoms with E-state index in [4.69, 9.17) is 23.2 Å². The Morgan fingerprint density at radius 1 is 1.26 bits per heavy atom. The second kappa shape index (κ2) is 5.38. The van der Waals surface area contributed by atoms with Crippen molar-refractivity contribution < 1.29 is 9.31 Å². The molecule has 0 atom stereocenters. The molecule has 0 saturated carbocycles. The molecule has 0 aliphatic heterocycles. The van der Waals surface area contributed by atoms with Crippen LogP contribution in [0.5, 0.6) is 0 Å². The monoisotopic (exact) mass is 301 g/mol. The van der Waals surface area contributed by atoms with E-state index in [-0.39, 0.29) is 27.4 Å². The van der Waals surface area contributed by atoms with Crippen LogP contribution in [0.1, 0.15) is 0 Å². The zero-order valence-corrected chi connectivity index (χ0v) is 10.7. The molecule has 5 nitrogen and oxygen atoms in total. The van der Waals surface area contributed by atoms with E-state index in [1.165, 1.54) is 12.1 Å². The Morgan fingerprint density at radius 3 is 2.63 bits per heavy atom. The smallest absolute Gasteiger partial charge is 0.276 e. The molecule has 8 heteroatoms. The molecular formula is C11H6Cl2FN3O2. The van der Waals surface area contributed by atoms with Crippen LogP contribution in [0.2, 0.25) is 10.2 Å². The van der Waals surface area contributed by atoms with Crippen LogP contribution in [0.3, 0.4) is 0 Å². The molecule has 0 saturated heterocycles. The van der Waals surface area contributed by atoms with E-state index in [1.807, 2.05) is 0 Å². The predicted octanol–water partition coefficient (Wildman–Crippen LogP) is 4.18. The standard InChI is InChI=1S/C11H6Cl2FN3O2/c12-6-1-2-9(8(14)3-6)15-11-5-7(17(18)19)4-10(13)16-11/h1-5H,(H,15,16). The van der Waals surface area contributed by atoms with Gasteiger partial charge in [0.1, 0.15) is 16.8 Å². The molecule has 0 unspecified atom stereocenters. The zero-order chi connectivity index (χ0) is 14.0. The van der Waals surface area contributed by atoms with Gasteiger partial charge in [-0.25, -0.2) is 9.37 Å². The fourth-order valence-corrected chi connectivity index (χ4v) is 1.74. The van der Waals surface area contributed by atoms with Crippen LogP contribution in [0.15, 0.2) is 30.3 Å². The Kier molecular flexibility index (Phi) is 3.82. The Labute approximate surface area is 117 Å². The number of nitrogens with one attached hydrogen (secondary N) is 1. The normalized spacial score (nSPS) is 10.3. The van der Waals surface area contributed by atoms with E-state index in [1.54, 1.807) is 0 Å². The summed E-state index contributed by atoms with van der Waals surface area (Å²) in [6.45, 7) is 0. The van der Waals surface area contributed by atoms with Crippen LogP contribution in [0, 0.1) is 15.9 Å². The number of rotatable bonds is 3. The predicted molar refractivity (Wildman–Crippen MR) is 70.6 cm³/mol. The Hall–Kier alpha value is -1.92. The highest BCUT2D eigenvalue weighted by molar-refractivity contribution is 6.30. The van der Waals surface area contributed by atoms with Crippen LogP contribution in [0.4, 0.5) is 21.6 Å². The quantitative estimate of drug-likeness (QED) is 0.524. The van der Waals surface area contributed by atoms with Crippen molar-refractivity contribution in [2.24, 2.45) is 0 Å². The molecule has 0 aliphatic carbocycles. The van der Waals surface area contributed by atoms with Crippen molar-refractivity contribution >= 4 is 40.4 Å². The maximum Gasteiger partial charge on any atom is 0.276 e. The lowest BCUT2D eigenvalue weighted by Crippen LogP contribution is -1.98. The Morgan fingerprint density at radius 2 is 2.00 bits per heavy atom. The van der Waals surface area contributed by atoms with E-state index in [2.05, 4.69) is 10.3 Å². The zero-order valence-electron chi connectivity index (χ0n) is 9.23. The van der Waals surface area contributed by atoms with E-state index >= 15 is 0 Å². The summed E-state index contributed by atoms with van der Waals surface area (Å²) in [6.07, 6.45) is 0. The number of hydrogen-bond donors (Lipinski definition) is 1. The minimum Gasteiger partial charge on any atom is -0.338 e. The first kappa shape index (κ1) is 13.5. The van der Waals surface area contributed by atoms with Gasteiger partial charge in [-0.15, -0.1) is 0 Å². The van der Waals surface area contributed by atoms with Gasteiger partial charge in [0, 0.05) is 5.02 Å². The molecule has 0 radical (unpaired) electrons. The minimum absolute atomic E-state index is 0.0638. The molecule has 98 valence electrons. The number of anilines is 2. The highest BCUT2D eigenvalue weighted by Gasteiger charge is 2.11. The Balaban J connectivity index is 2.35. The summed E-state index contributed by atoms with van der Waals surface area (Å²) in [5.74, 6) is -0.530. The van der Waals surface area contributed by atoms with Gasteiger partial charge in [0.05, 0.1) is 22.7 Å². The van der Waals surface area contributed by atoms with Crippen molar-refractivity contribution in [2.75, 3.05) is 5.32 Å². The summed E-state index contributed by atoms with van der Waals surface area (Å²) in [4.78, 5) is 13.9. The molecule has 0 fully saturated rings. The van der Waals surface area contributed by atoms with Crippen molar-refractivity contribution in [3.05, 3.63) is 56.4 Å². The van der Waals surface area contributed by atoms with E-state index in [9.17, 15) is 14.5 Å². The molecule has 1 N–H and O–H groups in total. The highest BCUT2D eigenvalue weighted by atomic mass is 35.5. The molecule has 0 amide bonds. The van der Waals surface area contributed by atoms with Gasteiger partial charge in [-0.05, 0) is 18.2 Å². The van der Waals surface area contributed by atoms with Crippen molar-refractivity contribution in [1.82, 2.24) is 4.98 Å². The third kappa shape index (κ3) is 3.30.